The van der Waals surface area contributed by atoms with Crippen LogP contribution in [0.5, 0.6) is 5.75 Å². The van der Waals surface area contributed by atoms with E-state index in [4.69, 9.17) is 4.74 Å². The molecule has 0 bridgehead atoms. The van der Waals surface area contributed by atoms with Crippen molar-refractivity contribution in [1.29, 1.82) is 0 Å². The van der Waals surface area contributed by atoms with Crippen molar-refractivity contribution >= 4 is 29.7 Å². The summed E-state index contributed by atoms with van der Waals surface area (Å²) in [5, 5.41) is 6.38. The molecule has 2 N–H and O–H groups in total. The highest BCUT2D eigenvalue weighted by atomic mass is 16.5. The smallest absolute Gasteiger partial charge is 0.343 e. The summed E-state index contributed by atoms with van der Waals surface area (Å²) in [7, 11) is 0. The first-order valence-corrected chi connectivity index (χ1v) is 10.1. The molecule has 0 heterocycles. The van der Waals surface area contributed by atoms with Gasteiger partial charge in [0, 0.05) is 5.69 Å². The first-order chi connectivity index (χ1) is 15.5. The van der Waals surface area contributed by atoms with Gasteiger partial charge >= 0.3 is 17.8 Å². The minimum Gasteiger partial charge on any atom is -0.423 e. The number of aryl methyl sites for hydroxylation is 2. The molecular weight excluding hydrogens is 406 g/mol. The van der Waals surface area contributed by atoms with Crippen molar-refractivity contribution in [3.05, 3.63) is 95.1 Å². The molecule has 0 aliphatic rings. The Morgan fingerprint density at radius 1 is 0.906 bits per heavy atom. The summed E-state index contributed by atoms with van der Waals surface area (Å²) in [5.74, 6) is -1.75. The van der Waals surface area contributed by atoms with E-state index in [1.807, 2.05) is 38.1 Å². The van der Waals surface area contributed by atoms with E-state index >= 15 is 0 Å². The monoisotopic (exact) mass is 429 g/mol. The Kier molecular flexibility index (Phi) is 7.48. The number of amides is 2. The van der Waals surface area contributed by atoms with Crippen molar-refractivity contribution in [2.75, 3.05) is 5.32 Å². The number of anilines is 1. The van der Waals surface area contributed by atoms with Gasteiger partial charge < -0.3 is 10.1 Å². The number of para-hydroxylation sites is 1. The minimum atomic E-state index is -0.879. The Hall–Kier alpha value is -4.26. The van der Waals surface area contributed by atoms with Crippen molar-refractivity contribution in [1.82, 2.24) is 5.43 Å². The lowest BCUT2D eigenvalue weighted by atomic mass is 10.1. The van der Waals surface area contributed by atoms with E-state index in [2.05, 4.69) is 15.8 Å². The second kappa shape index (κ2) is 10.7. The topological polar surface area (TPSA) is 96.9 Å². The molecule has 3 aromatic rings. The van der Waals surface area contributed by atoms with Crippen molar-refractivity contribution < 1.29 is 19.1 Å². The van der Waals surface area contributed by atoms with Crippen LogP contribution in [-0.2, 0) is 16.0 Å². The van der Waals surface area contributed by atoms with E-state index < -0.39 is 17.8 Å². The third-order valence-electron chi connectivity index (χ3n) is 4.61. The third-order valence-corrected chi connectivity index (χ3v) is 4.61. The Morgan fingerprint density at radius 2 is 1.59 bits per heavy atom. The van der Waals surface area contributed by atoms with Gasteiger partial charge in [0.15, 0.2) is 0 Å². The Bertz CT molecular complexity index is 1140. The largest absolute Gasteiger partial charge is 0.423 e. The normalized spacial score (nSPS) is 10.6. The average molecular weight is 429 g/mol. The molecule has 0 spiro atoms. The van der Waals surface area contributed by atoms with Gasteiger partial charge in [-0.25, -0.2) is 10.2 Å². The Labute approximate surface area is 186 Å². The second-order valence-corrected chi connectivity index (χ2v) is 6.99. The Balaban J connectivity index is 1.52. The first kappa shape index (κ1) is 22.4. The van der Waals surface area contributed by atoms with E-state index in [0.717, 1.165) is 17.5 Å². The van der Waals surface area contributed by atoms with E-state index in [-0.39, 0.29) is 0 Å². The van der Waals surface area contributed by atoms with Crippen LogP contribution in [0, 0.1) is 6.92 Å². The lowest BCUT2D eigenvalue weighted by Gasteiger charge is -2.08. The summed E-state index contributed by atoms with van der Waals surface area (Å²) in [6, 6.07) is 20.9. The molecule has 162 valence electrons. The molecule has 32 heavy (non-hydrogen) atoms. The standard InChI is InChI=1S/C25H23N3O4/c1-3-19-6-4-5-7-22(19)27-23(29)24(30)28-26-16-18-10-14-21(15-11-18)32-25(31)20-12-8-17(2)9-13-20/h4-16H,3H2,1-2H3,(H,27,29)(H,28,30)/b26-16+. The molecule has 0 radical (unpaired) electrons. The molecule has 0 atom stereocenters. The van der Waals surface area contributed by atoms with Gasteiger partial charge in [-0.1, -0.05) is 42.8 Å². The zero-order valence-electron chi connectivity index (χ0n) is 17.8. The molecule has 0 aromatic heterocycles. The van der Waals surface area contributed by atoms with Crippen molar-refractivity contribution in [3.8, 4) is 5.75 Å². The molecule has 2 amide bonds. The molecule has 0 unspecified atom stereocenters. The molecular formula is C25H23N3O4. The van der Waals surface area contributed by atoms with Crippen LogP contribution in [0.1, 0.15) is 34.0 Å². The fourth-order valence-corrected chi connectivity index (χ4v) is 2.82. The number of ether oxygens (including phenoxy) is 1. The third kappa shape index (κ3) is 6.12. The van der Waals surface area contributed by atoms with Crippen molar-refractivity contribution in [3.63, 3.8) is 0 Å². The summed E-state index contributed by atoms with van der Waals surface area (Å²) < 4.78 is 5.34. The Morgan fingerprint density at radius 3 is 2.28 bits per heavy atom. The van der Waals surface area contributed by atoms with Crippen LogP contribution in [0.25, 0.3) is 0 Å². The summed E-state index contributed by atoms with van der Waals surface area (Å²) in [6.45, 7) is 3.90. The molecule has 7 heteroatoms. The summed E-state index contributed by atoms with van der Waals surface area (Å²) >= 11 is 0. The van der Waals surface area contributed by atoms with Gasteiger partial charge in [0.2, 0.25) is 0 Å². The van der Waals surface area contributed by atoms with E-state index in [0.29, 0.717) is 22.6 Å². The van der Waals surface area contributed by atoms with Crippen LogP contribution < -0.4 is 15.5 Å². The highest BCUT2D eigenvalue weighted by molar-refractivity contribution is 6.39. The number of hydrogen-bond acceptors (Lipinski definition) is 5. The highest BCUT2D eigenvalue weighted by Gasteiger charge is 2.14. The number of nitrogens with zero attached hydrogens (tertiary/aromatic N) is 1. The van der Waals surface area contributed by atoms with Gasteiger partial charge in [0.05, 0.1) is 11.8 Å². The van der Waals surface area contributed by atoms with Crippen LogP contribution >= 0.6 is 0 Å². The van der Waals surface area contributed by atoms with Gasteiger partial charge in [-0.3, -0.25) is 9.59 Å². The van der Waals surface area contributed by atoms with Gasteiger partial charge in [0.25, 0.3) is 0 Å². The predicted octanol–water partition coefficient (Wildman–Crippen LogP) is 3.87. The fraction of sp³-hybridized carbons (Fsp3) is 0.120. The van der Waals surface area contributed by atoms with Crippen LogP contribution in [-0.4, -0.2) is 24.0 Å². The van der Waals surface area contributed by atoms with Gasteiger partial charge in [-0.2, -0.15) is 5.10 Å². The maximum absolute atomic E-state index is 12.2. The molecule has 0 saturated carbocycles. The zero-order valence-corrected chi connectivity index (χ0v) is 17.8. The second-order valence-electron chi connectivity index (χ2n) is 6.99. The fourth-order valence-electron chi connectivity index (χ4n) is 2.82. The van der Waals surface area contributed by atoms with Gasteiger partial charge in [0.1, 0.15) is 5.75 Å². The maximum atomic E-state index is 12.2. The van der Waals surface area contributed by atoms with Crippen LogP contribution in [0.2, 0.25) is 0 Å². The summed E-state index contributed by atoms with van der Waals surface area (Å²) in [6.07, 6.45) is 2.11. The van der Waals surface area contributed by atoms with Crippen LogP contribution in [0.4, 0.5) is 5.69 Å². The quantitative estimate of drug-likeness (QED) is 0.204. The van der Waals surface area contributed by atoms with Gasteiger partial charge in [-0.15, -0.1) is 0 Å². The molecule has 0 saturated heterocycles. The number of rotatable bonds is 6. The van der Waals surface area contributed by atoms with E-state index in [9.17, 15) is 14.4 Å². The number of hydrazone groups is 1. The lowest BCUT2D eigenvalue weighted by molar-refractivity contribution is -0.136. The molecule has 3 rings (SSSR count). The van der Waals surface area contributed by atoms with E-state index in [1.165, 1.54) is 6.21 Å². The zero-order chi connectivity index (χ0) is 22.9. The van der Waals surface area contributed by atoms with Crippen LogP contribution in [0.3, 0.4) is 0 Å². The average Bonchev–Trinajstić information content (AvgIpc) is 2.80. The number of nitrogens with one attached hydrogen (secondary N) is 2. The maximum Gasteiger partial charge on any atom is 0.343 e. The number of carbonyl (C=O) groups excluding carboxylic acids is 3. The number of benzene rings is 3. The van der Waals surface area contributed by atoms with Crippen LogP contribution in [0.15, 0.2) is 77.9 Å². The molecule has 0 aliphatic heterocycles. The highest BCUT2D eigenvalue weighted by Crippen LogP contribution is 2.15. The summed E-state index contributed by atoms with van der Waals surface area (Å²) in [5.41, 5.74) is 5.89. The number of carbonyl (C=O) groups is 3. The van der Waals surface area contributed by atoms with Crippen molar-refractivity contribution in [2.24, 2.45) is 5.10 Å². The lowest BCUT2D eigenvalue weighted by Crippen LogP contribution is -2.32. The molecule has 0 aliphatic carbocycles. The first-order valence-electron chi connectivity index (χ1n) is 10.1. The number of hydrogen-bond donors (Lipinski definition) is 2. The van der Waals surface area contributed by atoms with Gasteiger partial charge in [-0.05, 0) is 66.9 Å². The number of esters is 1. The molecule has 3 aromatic carbocycles. The minimum absolute atomic E-state index is 0.380. The van der Waals surface area contributed by atoms with Crippen molar-refractivity contribution in [2.45, 2.75) is 20.3 Å². The van der Waals surface area contributed by atoms with E-state index in [1.54, 1.807) is 48.5 Å². The predicted molar refractivity (Wildman–Crippen MR) is 123 cm³/mol. The molecule has 0 fully saturated rings. The SMILES string of the molecule is CCc1ccccc1NC(=O)C(=O)N/N=C/c1ccc(OC(=O)c2ccc(C)cc2)cc1. The summed E-state index contributed by atoms with van der Waals surface area (Å²) in [4.78, 5) is 36.2. The molecule has 7 nitrogen and oxygen atoms in total.